The van der Waals surface area contributed by atoms with Crippen molar-refractivity contribution in [1.82, 2.24) is 9.97 Å². The van der Waals surface area contributed by atoms with Crippen molar-refractivity contribution in [3.63, 3.8) is 0 Å². The summed E-state index contributed by atoms with van der Waals surface area (Å²) < 4.78 is 0.996. The summed E-state index contributed by atoms with van der Waals surface area (Å²) in [6.45, 7) is 5.99. The average molecular weight is 336 g/mol. The van der Waals surface area contributed by atoms with Gasteiger partial charge in [-0.15, -0.1) is 0 Å². The van der Waals surface area contributed by atoms with Gasteiger partial charge in [-0.25, -0.2) is 15.8 Å². The Bertz CT molecular complexity index is 627. The third kappa shape index (κ3) is 3.08. The van der Waals surface area contributed by atoms with Crippen LogP contribution in [0.3, 0.4) is 0 Å². The van der Waals surface area contributed by atoms with Crippen LogP contribution in [-0.2, 0) is 6.42 Å². The number of nitrogens with one attached hydrogen (secondary N) is 2. The monoisotopic (exact) mass is 335 g/mol. The van der Waals surface area contributed by atoms with Crippen LogP contribution in [0, 0.1) is 13.8 Å². The molecule has 5 nitrogen and oxygen atoms in total. The smallest absolute Gasteiger partial charge is 0.148 e. The molecule has 1 aromatic carbocycles. The number of nitrogens with zero attached hydrogens (tertiary/aromatic N) is 2. The second kappa shape index (κ2) is 6.19. The number of aromatic nitrogens is 2. The van der Waals surface area contributed by atoms with Gasteiger partial charge in [-0.05, 0) is 47.5 Å². The fraction of sp³-hybridized carbons (Fsp3) is 0.286. The van der Waals surface area contributed by atoms with E-state index < -0.39 is 0 Å². The van der Waals surface area contributed by atoms with E-state index in [9.17, 15) is 0 Å². The van der Waals surface area contributed by atoms with Crippen molar-refractivity contribution in [2.24, 2.45) is 5.84 Å². The highest BCUT2D eigenvalue weighted by Crippen LogP contribution is 2.29. The van der Waals surface area contributed by atoms with Gasteiger partial charge in [0.1, 0.15) is 17.5 Å². The zero-order chi connectivity index (χ0) is 14.7. The summed E-state index contributed by atoms with van der Waals surface area (Å²) in [7, 11) is 0. The number of rotatable bonds is 4. The topological polar surface area (TPSA) is 75.9 Å². The van der Waals surface area contributed by atoms with E-state index in [1.165, 1.54) is 5.56 Å². The molecule has 2 rings (SSSR count). The van der Waals surface area contributed by atoms with Gasteiger partial charge in [-0.1, -0.05) is 13.0 Å². The Hall–Kier alpha value is -1.66. The SMILES string of the molecule is CCc1nc(NN)c(C)c(Nc2ccc(C)cc2Br)n1. The van der Waals surface area contributed by atoms with Crippen LogP contribution in [0.1, 0.15) is 23.9 Å². The third-order valence-electron chi connectivity index (χ3n) is 3.02. The predicted molar refractivity (Wildman–Crippen MR) is 86.1 cm³/mol. The molecule has 1 heterocycles. The van der Waals surface area contributed by atoms with Gasteiger partial charge in [0.15, 0.2) is 0 Å². The fourth-order valence-electron chi connectivity index (χ4n) is 1.83. The zero-order valence-electron chi connectivity index (χ0n) is 11.8. The van der Waals surface area contributed by atoms with E-state index in [1.54, 1.807) is 0 Å². The zero-order valence-corrected chi connectivity index (χ0v) is 13.4. The molecule has 106 valence electrons. The number of hydrazine groups is 1. The lowest BCUT2D eigenvalue weighted by atomic mass is 10.2. The van der Waals surface area contributed by atoms with Gasteiger partial charge in [0.2, 0.25) is 0 Å². The molecule has 0 fully saturated rings. The minimum atomic E-state index is 0.641. The van der Waals surface area contributed by atoms with Crippen LogP contribution < -0.4 is 16.6 Å². The molecule has 0 aliphatic carbocycles. The van der Waals surface area contributed by atoms with Crippen LogP contribution >= 0.6 is 15.9 Å². The Kier molecular flexibility index (Phi) is 4.57. The molecule has 0 spiro atoms. The Morgan fingerprint density at radius 2 is 1.90 bits per heavy atom. The van der Waals surface area contributed by atoms with Gasteiger partial charge in [-0.3, -0.25) is 0 Å². The number of hydrogen-bond acceptors (Lipinski definition) is 5. The summed E-state index contributed by atoms with van der Waals surface area (Å²) in [5.74, 6) is 7.65. The molecule has 4 N–H and O–H groups in total. The van der Waals surface area contributed by atoms with E-state index in [0.717, 1.165) is 33.8 Å². The summed E-state index contributed by atoms with van der Waals surface area (Å²) >= 11 is 3.55. The number of aryl methyl sites for hydroxylation is 2. The van der Waals surface area contributed by atoms with Crippen LogP contribution in [0.15, 0.2) is 22.7 Å². The first-order valence-corrected chi connectivity index (χ1v) is 7.21. The molecule has 1 aromatic heterocycles. The second-order valence-electron chi connectivity index (χ2n) is 4.57. The number of nitrogen functional groups attached to an aromatic ring is 1. The minimum Gasteiger partial charge on any atom is -0.339 e. The van der Waals surface area contributed by atoms with Crippen molar-refractivity contribution in [3.8, 4) is 0 Å². The molecule has 6 heteroatoms. The van der Waals surface area contributed by atoms with Crippen molar-refractivity contribution in [2.45, 2.75) is 27.2 Å². The Balaban J connectivity index is 2.42. The van der Waals surface area contributed by atoms with Crippen molar-refractivity contribution < 1.29 is 0 Å². The molecule has 0 aliphatic heterocycles. The molecule has 0 atom stereocenters. The van der Waals surface area contributed by atoms with E-state index in [-0.39, 0.29) is 0 Å². The summed E-state index contributed by atoms with van der Waals surface area (Å²) in [6, 6.07) is 6.12. The fourth-order valence-corrected chi connectivity index (χ4v) is 2.42. The number of hydrogen-bond donors (Lipinski definition) is 3. The maximum atomic E-state index is 5.51. The standard InChI is InChI=1S/C14H18BrN5/c1-4-12-18-13(9(3)14(19-12)20-16)17-11-6-5-8(2)7-10(11)15/h5-7H,4,16H2,1-3H3,(H2,17,18,19,20). The molecule has 0 radical (unpaired) electrons. The molecule has 2 aromatic rings. The summed E-state index contributed by atoms with van der Waals surface area (Å²) in [6.07, 6.45) is 0.749. The first kappa shape index (κ1) is 14.7. The summed E-state index contributed by atoms with van der Waals surface area (Å²) in [4.78, 5) is 8.87. The number of halogens is 1. The Labute approximate surface area is 127 Å². The first-order chi connectivity index (χ1) is 9.55. The van der Waals surface area contributed by atoms with E-state index in [1.807, 2.05) is 26.0 Å². The molecular formula is C14H18BrN5. The van der Waals surface area contributed by atoms with E-state index in [0.29, 0.717) is 5.82 Å². The van der Waals surface area contributed by atoms with Gasteiger partial charge in [0, 0.05) is 16.5 Å². The molecule has 0 saturated heterocycles. The molecular weight excluding hydrogens is 318 g/mol. The highest BCUT2D eigenvalue weighted by Gasteiger charge is 2.11. The van der Waals surface area contributed by atoms with Crippen LogP contribution in [0.4, 0.5) is 17.3 Å². The lowest BCUT2D eigenvalue weighted by Crippen LogP contribution is -2.14. The number of benzene rings is 1. The third-order valence-corrected chi connectivity index (χ3v) is 3.68. The van der Waals surface area contributed by atoms with Crippen LogP contribution in [0.25, 0.3) is 0 Å². The van der Waals surface area contributed by atoms with Gasteiger partial charge >= 0.3 is 0 Å². The summed E-state index contributed by atoms with van der Waals surface area (Å²) in [5.41, 5.74) is 5.66. The second-order valence-corrected chi connectivity index (χ2v) is 5.42. The minimum absolute atomic E-state index is 0.641. The lowest BCUT2D eigenvalue weighted by Gasteiger charge is -2.14. The van der Waals surface area contributed by atoms with Crippen molar-refractivity contribution >= 4 is 33.3 Å². The van der Waals surface area contributed by atoms with Crippen LogP contribution in [-0.4, -0.2) is 9.97 Å². The molecule has 20 heavy (non-hydrogen) atoms. The normalized spacial score (nSPS) is 10.4. The Morgan fingerprint density at radius 1 is 1.20 bits per heavy atom. The first-order valence-electron chi connectivity index (χ1n) is 6.42. The largest absolute Gasteiger partial charge is 0.339 e. The van der Waals surface area contributed by atoms with Crippen LogP contribution in [0.5, 0.6) is 0 Å². The predicted octanol–water partition coefficient (Wildman–Crippen LogP) is 3.45. The highest BCUT2D eigenvalue weighted by molar-refractivity contribution is 9.10. The van der Waals surface area contributed by atoms with Gasteiger partial charge in [0.05, 0.1) is 5.69 Å². The molecule has 0 saturated carbocycles. The number of anilines is 3. The Morgan fingerprint density at radius 3 is 2.50 bits per heavy atom. The van der Waals surface area contributed by atoms with E-state index in [4.69, 9.17) is 5.84 Å². The van der Waals surface area contributed by atoms with Crippen molar-refractivity contribution in [2.75, 3.05) is 10.7 Å². The summed E-state index contributed by atoms with van der Waals surface area (Å²) in [5, 5.41) is 3.32. The van der Waals surface area contributed by atoms with Gasteiger partial charge < -0.3 is 10.7 Å². The molecule has 0 unspecified atom stereocenters. The lowest BCUT2D eigenvalue weighted by molar-refractivity contribution is 0.932. The maximum Gasteiger partial charge on any atom is 0.148 e. The quantitative estimate of drug-likeness (QED) is 0.589. The maximum absolute atomic E-state index is 5.51. The number of nitrogens with two attached hydrogens (primary N) is 1. The van der Waals surface area contributed by atoms with Crippen molar-refractivity contribution in [3.05, 3.63) is 39.6 Å². The van der Waals surface area contributed by atoms with E-state index in [2.05, 4.69) is 49.6 Å². The molecule has 0 bridgehead atoms. The molecule has 0 aliphatic rings. The van der Waals surface area contributed by atoms with Crippen molar-refractivity contribution in [1.29, 1.82) is 0 Å². The van der Waals surface area contributed by atoms with E-state index >= 15 is 0 Å². The molecule has 0 amide bonds. The van der Waals surface area contributed by atoms with Gasteiger partial charge in [-0.2, -0.15) is 0 Å². The average Bonchev–Trinajstić information content (AvgIpc) is 2.43. The van der Waals surface area contributed by atoms with Gasteiger partial charge in [0.25, 0.3) is 0 Å². The highest BCUT2D eigenvalue weighted by atomic mass is 79.9. The van der Waals surface area contributed by atoms with Crippen LogP contribution in [0.2, 0.25) is 0 Å².